The van der Waals surface area contributed by atoms with E-state index in [0.29, 0.717) is 30.2 Å². The maximum Gasteiger partial charge on any atom is 0.291 e. The summed E-state index contributed by atoms with van der Waals surface area (Å²) in [6.07, 6.45) is 1.68. The average Bonchev–Trinajstić information content (AvgIpc) is 2.68. The van der Waals surface area contributed by atoms with Gasteiger partial charge < -0.3 is 15.4 Å². The number of nitrogens with one attached hydrogen (secondary N) is 2. The third kappa shape index (κ3) is 4.84. The molecule has 1 aliphatic rings. The first-order valence-electron chi connectivity index (χ1n) is 7.76. The predicted octanol–water partition coefficient (Wildman–Crippen LogP) is 2.55. The van der Waals surface area contributed by atoms with Gasteiger partial charge in [-0.1, -0.05) is 12.1 Å². The van der Waals surface area contributed by atoms with E-state index in [1.54, 1.807) is 35.9 Å². The Bertz CT molecular complexity index is 793. The molecule has 1 aromatic heterocycles. The smallest absolute Gasteiger partial charge is 0.291 e. The molecule has 2 heterocycles. The number of ether oxygens (including phenoxy) is 1. The van der Waals surface area contributed by atoms with Gasteiger partial charge in [0.25, 0.3) is 11.8 Å². The Kier molecular flexibility index (Phi) is 5.69. The first-order chi connectivity index (χ1) is 12.2. The van der Waals surface area contributed by atoms with Gasteiger partial charge in [0.1, 0.15) is 0 Å². The fraction of sp³-hybridized carbons (Fsp3) is 0.167. The van der Waals surface area contributed by atoms with E-state index in [4.69, 9.17) is 4.74 Å². The summed E-state index contributed by atoms with van der Waals surface area (Å²) in [6, 6.07) is 12.3. The minimum atomic E-state index is -0.321. The highest BCUT2D eigenvalue weighted by molar-refractivity contribution is 8.02. The fourth-order valence-electron chi connectivity index (χ4n) is 2.19. The number of rotatable bonds is 5. The third-order valence-electron chi connectivity index (χ3n) is 3.41. The van der Waals surface area contributed by atoms with Crippen LogP contribution in [0.1, 0.15) is 16.1 Å². The van der Waals surface area contributed by atoms with Crippen molar-refractivity contribution in [3.8, 4) is 0 Å². The van der Waals surface area contributed by atoms with E-state index in [2.05, 4.69) is 15.6 Å². The molecule has 0 saturated carbocycles. The zero-order valence-electron chi connectivity index (χ0n) is 13.4. The summed E-state index contributed by atoms with van der Waals surface area (Å²) in [5.74, 6) is 0.577. The molecule has 0 unspecified atom stereocenters. The molecule has 0 fully saturated rings. The zero-order chi connectivity index (χ0) is 17.5. The van der Waals surface area contributed by atoms with Gasteiger partial charge in [-0.2, -0.15) is 0 Å². The van der Waals surface area contributed by atoms with Crippen molar-refractivity contribution in [2.75, 3.05) is 17.7 Å². The summed E-state index contributed by atoms with van der Waals surface area (Å²) in [5.41, 5.74) is 1.77. The Morgan fingerprint density at radius 1 is 1.16 bits per heavy atom. The van der Waals surface area contributed by atoms with E-state index in [0.717, 1.165) is 11.4 Å². The quantitative estimate of drug-likeness (QED) is 0.862. The van der Waals surface area contributed by atoms with E-state index < -0.39 is 0 Å². The van der Waals surface area contributed by atoms with Crippen LogP contribution in [0, 0.1) is 0 Å². The van der Waals surface area contributed by atoms with E-state index in [9.17, 15) is 9.59 Å². The van der Waals surface area contributed by atoms with Crippen molar-refractivity contribution in [3.63, 3.8) is 0 Å². The lowest BCUT2D eigenvalue weighted by molar-refractivity contribution is -0.116. The zero-order valence-corrected chi connectivity index (χ0v) is 14.2. The molecular weight excluding hydrogens is 338 g/mol. The normalized spacial score (nSPS) is 13.4. The fourth-order valence-corrected chi connectivity index (χ4v) is 2.82. The molecule has 128 valence electrons. The van der Waals surface area contributed by atoms with Gasteiger partial charge in [0.05, 0.1) is 18.8 Å². The van der Waals surface area contributed by atoms with Crippen molar-refractivity contribution < 1.29 is 14.3 Å². The Morgan fingerprint density at radius 3 is 2.84 bits per heavy atom. The summed E-state index contributed by atoms with van der Waals surface area (Å²) in [4.78, 5) is 28.6. The van der Waals surface area contributed by atoms with E-state index in [1.807, 2.05) is 18.2 Å². The maximum absolute atomic E-state index is 12.3. The predicted molar refractivity (Wildman–Crippen MR) is 97.0 cm³/mol. The molecule has 2 aromatic rings. The SMILES string of the molecule is O=C(Nc1cccc(C(=O)NCc2ccccn2)c1)C1=CSCCO1. The minimum Gasteiger partial charge on any atom is -0.487 e. The third-order valence-corrected chi connectivity index (χ3v) is 4.19. The van der Waals surface area contributed by atoms with Crippen molar-refractivity contribution in [2.45, 2.75) is 6.54 Å². The molecule has 25 heavy (non-hydrogen) atoms. The lowest BCUT2D eigenvalue weighted by Crippen LogP contribution is -2.23. The van der Waals surface area contributed by atoms with Gasteiger partial charge in [0, 0.05) is 28.6 Å². The number of benzene rings is 1. The molecule has 0 saturated heterocycles. The summed E-state index contributed by atoms with van der Waals surface area (Å²) in [6.45, 7) is 0.855. The topological polar surface area (TPSA) is 80.3 Å². The van der Waals surface area contributed by atoms with Crippen molar-refractivity contribution in [2.24, 2.45) is 0 Å². The van der Waals surface area contributed by atoms with E-state index in [1.165, 1.54) is 11.8 Å². The highest BCUT2D eigenvalue weighted by Crippen LogP contribution is 2.18. The first kappa shape index (κ1) is 17.0. The molecule has 0 aliphatic carbocycles. The van der Waals surface area contributed by atoms with Crippen molar-refractivity contribution >= 4 is 29.3 Å². The number of pyridine rings is 1. The molecule has 3 rings (SSSR count). The van der Waals surface area contributed by atoms with Crippen LogP contribution in [-0.2, 0) is 16.1 Å². The highest BCUT2D eigenvalue weighted by atomic mass is 32.2. The first-order valence-corrected chi connectivity index (χ1v) is 8.81. The van der Waals surface area contributed by atoms with Crippen LogP contribution in [0.15, 0.2) is 59.8 Å². The maximum atomic E-state index is 12.3. The monoisotopic (exact) mass is 355 g/mol. The van der Waals surface area contributed by atoms with Crippen LogP contribution < -0.4 is 10.6 Å². The molecule has 7 heteroatoms. The standard InChI is InChI=1S/C18H17N3O3S/c22-17(20-11-15-5-1-2-7-19-15)13-4-3-6-14(10-13)21-18(23)16-12-25-9-8-24-16/h1-7,10,12H,8-9,11H2,(H,20,22)(H,21,23). The molecule has 2 N–H and O–H groups in total. The summed E-state index contributed by atoms with van der Waals surface area (Å²) < 4.78 is 5.32. The second kappa shape index (κ2) is 8.34. The van der Waals surface area contributed by atoms with Gasteiger partial charge in [-0.25, -0.2) is 0 Å². The number of carbonyl (C=O) groups is 2. The van der Waals surface area contributed by atoms with Crippen LogP contribution >= 0.6 is 11.8 Å². The lowest BCUT2D eigenvalue weighted by atomic mass is 10.2. The second-order valence-corrected chi connectivity index (χ2v) is 6.22. The Labute approximate surface area is 149 Å². The number of thioether (sulfide) groups is 1. The molecule has 0 spiro atoms. The number of anilines is 1. The van der Waals surface area contributed by atoms with Crippen LogP contribution in [0.5, 0.6) is 0 Å². The van der Waals surface area contributed by atoms with Crippen LogP contribution in [0.25, 0.3) is 0 Å². The second-order valence-electron chi connectivity index (χ2n) is 5.24. The molecule has 0 atom stereocenters. The van der Waals surface area contributed by atoms with Crippen molar-refractivity contribution in [3.05, 3.63) is 71.1 Å². The van der Waals surface area contributed by atoms with Crippen LogP contribution in [0.2, 0.25) is 0 Å². The van der Waals surface area contributed by atoms with E-state index >= 15 is 0 Å². The van der Waals surface area contributed by atoms with Gasteiger partial charge in [-0.05, 0) is 30.3 Å². The van der Waals surface area contributed by atoms with Crippen molar-refractivity contribution in [1.82, 2.24) is 10.3 Å². The number of nitrogens with zero attached hydrogens (tertiary/aromatic N) is 1. The largest absolute Gasteiger partial charge is 0.487 e. The minimum absolute atomic E-state index is 0.231. The molecule has 6 nitrogen and oxygen atoms in total. The van der Waals surface area contributed by atoms with E-state index in [-0.39, 0.29) is 11.8 Å². The van der Waals surface area contributed by atoms with Gasteiger partial charge in [-0.15, -0.1) is 11.8 Å². The number of hydrogen-bond acceptors (Lipinski definition) is 5. The average molecular weight is 355 g/mol. The summed E-state index contributed by atoms with van der Waals surface area (Å²) in [7, 11) is 0. The Morgan fingerprint density at radius 2 is 2.08 bits per heavy atom. The summed E-state index contributed by atoms with van der Waals surface area (Å²) in [5, 5.41) is 7.25. The van der Waals surface area contributed by atoms with Gasteiger partial charge in [0.2, 0.25) is 0 Å². The molecule has 0 radical (unpaired) electrons. The number of amides is 2. The lowest BCUT2D eigenvalue weighted by Gasteiger charge is -2.14. The number of hydrogen-bond donors (Lipinski definition) is 2. The number of aromatic nitrogens is 1. The Hall–Kier alpha value is -2.80. The Balaban J connectivity index is 1.61. The molecular formula is C18H17N3O3S. The molecule has 2 amide bonds. The molecule has 1 aromatic carbocycles. The molecule has 0 bridgehead atoms. The van der Waals surface area contributed by atoms with Crippen molar-refractivity contribution in [1.29, 1.82) is 0 Å². The van der Waals surface area contributed by atoms with Gasteiger partial charge >= 0.3 is 0 Å². The molecule has 1 aliphatic heterocycles. The van der Waals surface area contributed by atoms with Crippen LogP contribution in [-0.4, -0.2) is 29.2 Å². The van der Waals surface area contributed by atoms with Crippen LogP contribution in [0.3, 0.4) is 0 Å². The summed E-state index contributed by atoms with van der Waals surface area (Å²) >= 11 is 1.54. The van der Waals surface area contributed by atoms with Gasteiger partial charge in [0.15, 0.2) is 5.76 Å². The van der Waals surface area contributed by atoms with Crippen LogP contribution in [0.4, 0.5) is 5.69 Å². The number of carbonyl (C=O) groups excluding carboxylic acids is 2. The highest BCUT2D eigenvalue weighted by Gasteiger charge is 2.15. The van der Waals surface area contributed by atoms with Gasteiger partial charge in [-0.3, -0.25) is 14.6 Å².